The van der Waals surface area contributed by atoms with Crippen LogP contribution in [0.25, 0.3) is 5.57 Å². The molecule has 0 bridgehead atoms. The molecule has 1 heterocycles. The number of carbonyl (C=O) groups is 1. The van der Waals surface area contributed by atoms with Crippen LogP contribution in [-0.4, -0.2) is 11.6 Å². The zero-order valence-corrected chi connectivity index (χ0v) is 14.4. The van der Waals surface area contributed by atoms with E-state index in [1.807, 2.05) is 0 Å². The van der Waals surface area contributed by atoms with Crippen molar-refractivity contribution in [3.8, 4) is 0 Å². The number of benzene rings is 1. The topological polar surface area (TPSA) is 26.3 Å². The van der Waals surface area contributed by atoms with E-state index >= 15 is 0 Å². The van der Waals surface area contributed by atoms with Crippen LogP contribution in [0.2, 0.25) is 0 Å². The SMILES string of the molecule is CC1=C(c2c(C)c(C)cc(C)c2C)C(=O)OC12CCCCC2. The molecule has 0 saturated heterocycles. The predicted octanol–water partition coefficient (Wildman–Crippen LogP) is 4.95. The van der Waals surface area contributed by atoms with E-state index in [-0.39, 0.29) is 11.6 Å². The van der Waals surface area contributed by atoms with Gasteiger partial charge in [-0.15, -0.1) is 0 Å². The second-order valence-corrected chi connectivity index (χ2v) is 7.08. The van der Waals surface area contributed by atoms with Gasteiger partial charge >= 0.3 is 5.97 Å². The fraction of sp³-hybridized carbons (Fsp3) is 0.550. The van der Waals surface area contributed by atoms with Crippen molar-refractivity contribution in [1.82, 2.24) is 0 Å². The highest BCUT2D eigenvalue weighted by Crippen LogP contribution is 2.47. The van der Waals surface area contributed by atoms with Crippen LogP contribution in [0.5, 0.6) is 0 Å². The van der Waals surface area contributed by atoms with Crippen LogP contribution in [0.15, 0.2) is 11.6 Å². The Kier molecular flexibility index (Phi) is 3.66. The minimum Gasteiger partial charge on any atom is -0.451 e. The first-order valence-corrected chi connectivity index (χ1v) is 8.40. The smallest absolute Gasteiger partial charge is 0.339 e. The molecule has 3 rings (SSSR count). The molecule has 1 aromatic carbocycles. The zero-order chi connectivity index (χ0) is 16.1. The van der Waals surface area contributed by atoms with Crippen molar-refractivity contribution >= 4 is 11.5 Å². The molecule has 0 amide bonds. The minimum atomic E-state index is -0.318. The lowest BCUT2D eigenvalue weighted by Crippen LogP contribution is -2.33. The van der Waals surface area contributed by atoms with Gasteiger partial charge in [0.15, 0.2) is 0 Å². The predicted molar refractivity (Wildman–Crippen MR) is 89.9 cm³/mol. The second kappa shape index (κ2) is 5.26. The van der Waals surface area contributed by atoms with Crippen LogP contribution in [0, 0.1) is 27.7 Å². The summed E-state index contributed by atoms with van der Waals surface area (Å²) in [6.45, 7) is 10.6. The van der Waals surface area contributed by atoms with Crippen LogP contribution < -0.4 is 0 Å². The maximum absolute atomic E-state index is 12.7. The van der Waals surface area contributed by atoms with Gasteiger partial charge in [0.05, 0.1) is 5.57 Å². The molecule has 1 spiro atoms. The fourth-order valence-electron chi connectivity index (χ4n) is 4.17. The molecular weight excluding hydrogens is 272 g/mol. The summed E-state index contributed by atoms with van der Waals surface area (Å²) in [5, 5.41) is 0. The molecule has 0 radical (unpaired) electrons. The molecule has 1 aliphatic carbocycles. The van der Waals surface area contributed by atoms with Crippen LogP contribution >= 0.6 is 0 Å². The van der Waals surface area contributed by atoms with E-state index in [1.165, 1.54) is 28.7 Å². The first-order valence-electron chi connectivity index (χ1n) is 8.40. The van der Waals surface area contributed by atoms with Gasteiger partial charge in [0.25, 0.3) is 0 Å². The van der Waals surface area contributed by atoms with E-state index in [9.17, 15) is 4.79 Å². The van der Waals surface area contributed by atoms with Crippen molar-refractivity contribution in [1.29, 1.82) is 0 Å². The number of esters is 1. The van der Waals surface area contributed by atoms with Gasteiger partial charge in [-0.3, -0.25) is 0 Å². The molecule has 0 N–H and O–H groups in total. The molecule has 2 heteroatoms. The molecule has 22 heavy (non-hydrogen) atoms. The summed E-state index contributed by atoms with van der Waals surface area (Å²) >= 11 is 0. The number of ether oxygens (including phenoxy) is 1. The maximum Gasteiger partial charge on any atom is 0.339 e. The van der Waals surface area contributed by atoms with E-state index in [0.717, 1.165) is 42.4 Å². The minimum absolute atomic E-state index is 0.115. The molecule has 1 aliphatic heterocycles. The van der Waals surface area contributed by atoms with Crippen molar-refractivity contribution in [3.63, 3.8) is 0 Å². The van der Waals surface area contributed by atoms with Gasteiger partial charge in [-0.2, -0.15) is 0 Å². The fourth-order valence-corrected chi connectivity index (χ4v) is 4.17. The molecule has 1 aromatic rings. The van der Waals surface area contributed by atoms with E-state index in [1.54, 1.807) is 0 Å². The van der Waals surface area contributed by atoms with Crippen LogP contribution in [0.1, 0.15) is 66.8 Å². The highest BCUT2D eigenvalue weighted by atomic mass is 16.6. The Morgan fingerprint density at radius 2 is 1.45 bits per heavy atom. The first-order chi connectivity index (χ1) is 10.4. The van der Waals surface area contributed by atoms with E-state index in [0.29, 0.717) is 0 Å². The lowest BCUT2D eigenvalue weighted by Gasteiger charge is -2.33. The summed E-state index contributed by atoms with van der Waals surface area (Å²) in [6, 6.07) is 2.21. The standard InChI is InChI=1S/C20H26O2/c1-12-11-13(2)15(4)17(14(12)3)18-16(5)20(22-19(18)21)9-7-6-8-10-20/h11H,6-10H2,1-5H3. The number of aryl methyl sites for hydroxylation is 2. The van der Waals surface area contributed by atoms with E-state index in [2.05, 4.69) is 40.7 Å². The highest BCUT2D eigenvalue weighted by Gasteiger charge is 2.46. The van der Waals surface area contributed by atoms with Gasteiger partial charge in [0, 0.05) is 0 Å². The zero-order valence-electron chi connectivity index (χ0n) is 14.4. The third kappa shape index (κ3) is 2.12. The first kappa shape index (κ1) is 15.3. The third-order valence-electron chi connectivity index (χ3n) is 5.83. The quantitative estimate of drug-likeness (QED) is 0.685. The van der Waals surface area contributed by atoms with Crippen LogP contribution in [0.4, 0.5) is 0 Å². The van der Waals surface area contributed by atoms with Crippen LogP contribution in [-0.2, 0) is 9.53 Å². The normalized spacial score (nSPS) is 20.7. The summed E-state index contributed by atoms with van der Waals surface area (Å²) in [5.74, 6) is -0.115. The monoisotopic (exact) mass is 298 g/mol. The van der Waals surface area contributed by atoms with Crippen LogP contribution in [0.3, 0.4) is 0 Å². The van der Waals surface area contributed by atoms with Gasteiger partial charge in [-0.1, -0.05) is 12.5 Å². The second-order valence-electron chi connectivity index (χ2n) is 7.08. The Balaban J connectivity index is 2.21. The van der Waals surface area contributed by atoms with Gasteiger partial charge in [-0.25, -0.2) is 4.79 Å². The summed E-state index contributed by atoms with van der Waals surface area (Å²) in [5.41, 5.74) is 7.71. The van der Waals surface area contributed by atoms with Gasteiger partial charge < -0.3 is 4.74 Å². The molecular formula is C20H26O2. The van der Waals surface area contributed by atoms with Crippen molar-refractivity contribution in [2.45, 2.75) is 72.3 Å². The Morgan fingerprint density at radius 3 is 2.00 bits per heavy atom. The third-order valence-corrected chi connectivity index (χ3v) is 5.83. The molecule has 0 aromatic heterocycles. The molecule has 2 nitrogen and oxygen atoms in total. The maximum atomic E-state index is 12.7. The summed E-state index contributed by atoms with van der Waals surface area (Å²) in [6.07, 6.45) is 5.53. The Labute approximate surface area is 133 Å². The molecule has 1 fully saturated rings. The van der Waals surface area contributed by atoms with E-state index < -0.39 is 0 Å². The largest absolute Gasteiger partial charge is 0.451 e. The van der Waals surface area contributed by atoms with Gasteiger partial charge in [0.1, 0.15) is 5.60 Å². The molecule has 1 saturated carbocycles. The van der Waals surface area contributed by atoms with Crippen molar-refractivity contribution < 1.29 is 9.53 Å². The Hall–Kier alpha value is -1.57. The van der Waals surface area contributed by atoms with Gasteiger partial charge in [0.2, 0.25) is 0 Å². The van der Waals surface area contributed by atoms with Crippen molar-refractivity contribution in [2.75, 3.05) is 0 Å². The number of hydrogen-bond acceptors (Lipinski definition) is 2. The average Bonchev–Trinajstić information content (AvgIpc) is 2.71. The summed E-state index contributed by atoms with van der Waals surface area (Å²) in [4.78, 5) is 12.7. The Bertz CT molecular complexity index is 647. The molecule has 118 valence electrons. The average molecular weight is 298 g/mol. The molecule has 0 atom stereocenters. The van der Waals surface area contributed by atoms with E-state index in [4.69, 9.17) is 4.74 Å². The van der Waals surface area contributed by atoms with Gasteiger partial charge in [-0.05, 0) is 93.7 Å². The summed E-state index contributed by atoms with van der Waals surface area (Å²) in [7, 11) is 0. The lowest BCUT2D eigenvalue weighted by atomic mass is 9.77. The number of rotatable bonds is 1. The van der Waals surface area contributed by atoms with Crippen molar-refractivity contribution in [3.05, 3.63) is 39.5 Å². The Morgan fingerprint density at radius 1 is 0.909 bits per heavy atom. The summed E-state index contributed by atoms with van der Waals surface area (Å²) < 4.78 is 5.95. The number of hydrogen-bond donors (Lipinski definition) is 0. The lowest BCUT2D eigenvalue weighted by molar-refractivity contribution is -0.147. The molecule has 2 aliphatic rings. The highest BCUT2D eigenvalue weighted by molar-refractivity contribution is 6.21. The van der Waals surface area contributed by atoms with Crippen molar-refractivity contribution in [2.24, 2.45) is 0 Å². The molecule has 0 unspecified atom stereocenters. The number of carbonyl (C=O) groups excluding carboxylic acids is 1.